The molecule has 2 rings (SSSR count). The van der Waals surface area contributed by atoms with E-state index in [0.717, 1.165) is 5.92 Å². The van der Waals surface area contributed by atoms with Gasteiger partial charge in [0.05, 0.1) is 0 Å². The summed E-state index contributed by atoms with van der Waals surface area (Å²) in [4.78, 5) is 4.30. The molecular formula is C10H11N. The van der Waals surface area contributed by atoms with E-state index in [4.69, 9.17) is 0 Å². The maximum atomic E-state index is 4.30. The predicted octanol–water partition coefficient (Wildman–Crippen LogP) is 2.60. The highest BCUT2D eigenvalue weighted by atomic mass is 14.7. The van der Waals surface area contributed by atoms with E-state index in [1.165, 1.54) is 24.1 Å². The number of pyridine rings is 1. The highest BCUT2D eigenvalue weighted by Crippen LogP contribution is 2.38. The zero-order valence-corrected chi connectivity index (χ0v) is 6.46. The minimum absolute atomic E-state index is 0.745. The van der Waals surface area contributed by atoms with E-state index < -0.39 is 0 Å². The van der Waals surface area contributed by atoms with Gasteiger partial charge in [0.1, 0.15) is 0 Å². The molecule has 0 amide bonds. The second-order valence-corrected chi connectivity index (χ2v) is 2.99. The van der Waals surface area contributed by atoms with Gasteiger partial charge in [-0.05, 0) is 30.5 Å². The second kappa shape index (κ2) is 2.50. The van der Waals surface area contributed by atoms with E-state index in [1.54, 1.807) is 0 Å². The van der Waals surface area contributed by atoms with Crippen molar-refractivity contribution in [2.75, 3.05) is 0 Å². The first-order valence-corrected chi connectivity index (χ1v) is 3.98. The smallest absolute Gasteiger partial charge is 0.0440 e. The van der Waals surface area contributed by atoms with Crippen LogP contribution < -0.4 is 0 Å². The largest absolute Gasteiger partial charge is 0.261 e. The summed E-state index contributed by atoms with van der Waals surface area (Å²) in [5.74, 6) is 0.745. The van der Waals surface area contributed by atoms with Crippen molar-refractivity contribution in [3.05, 3.63) is 36.2 Å². The quantitative estimate of drug-likeness (QED) is 0.623. The van der Waals surface area contributed by atoms with Gasteiger partial charge in [-0.3, -0.25) is 4.98 Å². The Morgan fingerprint density at radius 3 is 3.00 bits per heavy atom. The van der Waals surface area contributed by atoms with Crippen LogP contribution in [0.15, 0.2) is 24.9 Å². The second-order valence-electron chi connectivity index (χ2n) is 2.99. The minimum atomic E-state index is 0.745. The lowest BCUT2D eigenvalue weighted by Crippen LogP contribution is -1.85. The molecule has 0 spiro atoms. The molecule has 0 saturated heterocycles. The molecule has 1 nitrogen and oxygen atoms in total. The molecule has 1 aromatic rings. The Balaban J connectivity index is 2.33. The number of nitrogens with zero attached hydrogens (tertiary/aromatic N) is 1. The Labute approximate surface area is 66.8 Å². The Morgan fingerprint density at radius 1 is 1.55 bits per heavy atom. The van der Waals surface area contributed by atoms with E-state index in [2.05, 4.69) is 17.6 Å². The molecule has 0 aliphatic heterocycles. The van der Waals surface area contributed by atoms with Gasteiger partial charge < -0.3 is 0 Å². The van der Waals surface area contributed by atoms with Crippen molar-refractivity contribution in [3.63, 3.8) is 0 Å². The summed E-state index contributed by atoms with van der Waals surface area (Å²) >= 11 is 0. The lowest BCUT2D eigenvalue weighted by atomic mass is 10.2. The molecule has 1 aliphatic carbocycles. The predicted molar refractivity (Wildman–Crippen MR) is 46.3 cm³/mol. The van der Waals surface area contributed by atoms with E-state index >= 15 is 0 Å². The third-order valence-electron chi connectivity index (χ3n) is 2.04. The maximum absolute atomic E-state index is 4.30. The van der Waals surface area contributed by atoms with Crippen molar-refractivity contribution in [2.24, 2.45) is 0 Å². The van der Waals surface area contributed by atoms with Crippen LogP contribution in [0.3, 0.4) is 0 Å². The minimum Gasteiger partial charge on any atom is -0.261 e. The van der Waals surface area contributed by atoms with Crippen molar-refractivity contribution in [1.29, 1.82) is 0 Å². The fraction of sp³-hybridized carbons (Fsp3) is 0.300. The summed E-state index contributed by atoms with van der Waals surface area (Å²) in [5, 5.41) is 0. The van der Waals surface area contributed by atoms with Gasteiger partial charge in [0, 0.05) is 17.8 Å². The van der Waals surface area contributed by atoms with E-state index in [1.807, 2.05) is 18.3 Å². The molecule has 0 N–H and O–H groups in total. The monoisotopic (exact) mass is 145 g/mol. The van der Waals surface area contributed by atoms with Gasteiger partial charge in [0.25, 0.3) is 0 Å². The van der Waals surface area contributed by atoms with Gasteiger partial charge in [0.2, 0.25) is 0 Å². The Morgan fingerprint density at radius 2 is 2.36 bits per heavy atom. The average Bonchev–Trinajstić information content (AvgIpc) is 2.87. The van der Waals surface area contributed by atoms with E-state index in [9.17, 15) is 0 Å². The van der Waals surface area contributed by atoms with Crippen LogP contribution in [0, 0.1) is 0 Å². The summed E-state index contributed by atoms with van der Waals surface area (Å²) in [6.07, 6.45) is 6.36. The highest BCUT2D eigenvalue weighted by Gasteiger charge is 2.24. The van der Waals surface area contributed by atoms with Crippen LogP contribution in [-0.2, 0) is 0 Å². The van der Waals surface area contributed by atoms with Gasteiger partial charge >= 0.3 is 0 Å². The Hall–Kier alpha value is -1.11. The van der Waals surface area contributed by atoms with Crippen molar-refractivity contribution < 1.29 is 0 Å². The number of hydrogen-bond acceptors (Lipinski definition) is 1. The summed E-state index contributed by atoms with van der Waals surface area (Å²) in [6.45, 7) is 3.72. The van der Waals surface area contributed by atoms with Crippen LogP contribution in [0.4, 0.5) is 0 Å². The molecule has 1 heteroatoms. The normalized spacial score (nSPS) is 16.4. The zero-order valence-electron chi connectivity index (χ0n) is 6.46. The van der Waals surface area contributed by atoms with Gasteiger partial charge in [-0.25, -0.2) is 0 Å². The molecule has 0 aromatic carbocycles. The summed E-state index contributed by atoms with van der Waals surface area (Å²) in [7, 11) is 0. The first-order chi connectivity index (χ1) is 5.40. The molecule has 1 aliphatic rings. The topological polar surface area (TPSA) is 12.9 Å². The number of aromatic nitrogens is 1. The van der Waals surface area contributed by atoms with Crippen LogP contribution in [0.5, 0.6) is 0 Å². The lowest BCUT2D eigenvalue weighted by molar-refractivity contribution is 1.02. The van der Waals surface area contributed by atoms with Crippen molar-refractivity contribution in [1.82, 2.24) is 4.98 Å². The average molecular weight is 145 g/mol. The van der Waals surface area contributed by atoms with Crippen LogP contribution in [-0.4, -0.2) is 4.98 Å². The van der Waals surface area contributed by atoms with E-state index in [0.29, 0.717) is 0 Å². The Bertz CT molecular complexity index is 274. The SMILES string of the molecule is C=Cc1ccnc(C2CC2)c1. The molecule has 1 heterocycles. The maximum Gasteiger partial charge on any atom is 0.0440 e. The number of rotatable bonds is 2. The van der Waals surface area contributed by atoms with Gasteiger partial charge in [0.15, 0.2) is 0 Å². The standard InChI is InChI=1S/C10H11N/c1-2-8-5-6-11-10(7-8)9-3-4-9/h2,5-7,9H,1,3-4H2. The molecule has 0 radical (unpaired) electrons. The molecular weight excluding hydrogens is 134 g/mol. The Kier molecular flexibility index (Phi) is 1.50. The molecule has 0 bridgehead atoms. The molecule has 0 atom stereocenters. The van der Waals surface area contributed by atoms with Crippen molar-refractivity contribution in [2.45, 2.75) is 18.8 Å². The summed E-state index contributed by atoms with van der Waals surface area (Å²) < 4.78 is 0. The molecule has 1 saturated carbocycles. The summed E-state index contributed by atoms with van der Waals surface area (Å²) in [6, 6.07) is 4.11. The molecule has 11 heavy (non-hydrogen) atoms. The van der Waals surface area contributed by atoms with Gasteiger partial charge in [-0.1, -0.05) is 12.7 Å². The zero-order chi connectivity index (χ0) is 7.68. The van der Waals surface area contributed by atoms with Crippen LogP contribution >= 0.6 is 0 Å². The van der Waals surface area contributed by atoms with Crippen LogP contribution in [0.1, 0.15) is 30.0 Å². The van der Waals surface area contributed by atoms with Crippen molar-refractivity contribution in [3.8, 4) is 0 Å². The van der Waals surface area contributed by atoms with Crippen LogP contribution in [0.25, 0.3) is 6.08 Å². The molecule has 1 aromatic heterocycles. The third kappa shape index (κ3) is 1.32. The lowest BCUT2D eigenvalue weighted by Gasteiger charge is -1.97. The first-order valence-electron chi connectivity index (χ1n) is 3.98. The fourth-order valence-electron chi connectivity index (χ4n) is 1.19. The van der Waals surface area contributed by atoms with Gasteiger partial charge in [-0.2, -0.15) is 0 Å². The summed E-state index contributed by atoms with van der Waals surface area (Å²) in [5.41, 5.74) is 2.42. The highest BCUT2D eigenvalue weighted by molar-refractivity contribution is 5.47. The van der Waals surface area contributed by atoms with Gasteiger partial charge in [-0.15, -0.1) is 0 Å². The number of hydrogen-bond donors (Lipinski definition) is 0. The van der Waals surface area contributed by atoms with E-state index in [-0.39, 0.29) is 0 Å². The molecule has 1 fully saturated rings. The first kappa shape index (κ1) is 6.59. The van der Waals surface area contributed by atoms with Crippen molar-refractivity contribution >= 4 is 6.08 Å². The molecule has 56 valence electrons. The fourth-order valence-corrected chi connectivity index (χ4v) is 1.19. The third-order valence-corrected chi connectivity index (χ3v) is 2.04. The van der Waals surface area contributed by atoms with Crippen LogP contribution in [0.2, 0.25) is 0 Å². The molecule has 0 unspecified atom stereocenters.